The average molecular weight is 511 g/mol. The molecule has 0 aliphatic heterocycles. The van der Waals surface area contributed by atoms with E-state index in [9.17, 15) is 4.79 Å². The molecule has 4 aromatic rings. The van der Waals surface area contributed by atoms with E-state index in [1.54, 1.807) is 30.3 Å². The molecule has 0 saturated heterocycles. The van der Waals surface area contributed by atoms with Gasteiger partial charge in [0.1, 0.15) is 5.75 Å². The number of aromatic nitrogens is 5. The quantitative estimate of drug-likeness (QED) is 0.282. The number of halogens is 1. The molecule has 162 valence electrons. The average Bonchev–Trinajstić information content (AvgIpc) is 3.26. The van der Waals surface area contributed by atoms with Crippen LogP contribution in [-0.2, 0) is 12.3 Å². The first-order valence-corrected chi connectivity index (χ1v) is 11.4. The lowest BCUT2D eigenvalue weighted by Crippen LogP contribution is -2.24. The number of thioether (sulfide) groups is 1. The standard InChI is InChI=1S/C22H19BrN6O2S/c1-31-19-6-3-2-5-15(19)13-26-21(30)20-18(14-32-22-24-11-4-12-25-22)29(28-27-20)17-9-7-16(23)8-10-17/h2-12H,13-14H2,1H3,(H,26,30). The number of methoxy groups -OCH3 is 1. The van der Waals surface area contributed by atoms with Crippen LogP contribution in [-0.4, -0.2) is 38.0 Å². The fourth-order valence-corrected chi connectivity index (χ4v) is 4.06. The van der Waals surface area contributed by atoms with Crippen LogP contribution in [0.4, 0.5) is 0 Å². The third-order valence-corrected chi connectivity index (χ3v) is 5.98. The zero-order valence-electron chi connectivity index (χ0n) is 17.1. The summed E-state index contributed by atoms with van der Waals surface area (Å²) in [6, 6.07) is 16.9. The summed E-state index contributed by atoms with van der Waals surface area (Å²) in [6.07, 6.45) is 3.36. The molecular weight excluding hydrogens is 492 g/mol. The first-order chi connectivity index (χ1) is 15.7. The second kappa shape index (κ2) is 10.4. The van der Waals surface area contributed by atoms with E-state index in [1.807, 2.05) is 48.5 Å². The molecule has 32 heavy (non-hydrogen) atoms. The molecule has 1 N–H and O–H groups in total. The van der Waals surface area contributed by atoms with Crippen molar-refractivity contribution in [2.75, 3.05) is 7.11 Å². The Hall–Kier alpha value is -3.24. The van der Waals surface area contributed by atoms with Crippen LogP contribution in [0.15, 0.2) is 76.6 Å². The van der Waals surface area contributed by atoms with E-state index in [0.29, 0.717) is 28.9 Å². The lowest BCUT2D eigenvalue weighted by Gasteiger charge is -2.10. The van der Waals surface area contributed by atoms with Crippen LogP contribution in [0.25, 0.3) is 5.69 Å². The first-order valence-electron chi connectivity index (χ1n) is 9.66. The number of benzene rings is 2. The Morgan fingerprint density at radius 3 is 2.59 bits per heavy atom. The summed E-state index contributed by atoms with van der Waals surface area (Å²) >= 11 is 4.85. The molecular formula is C22H19BrN6O2S. The van der Waals surface area contributed by atoms with Crippen LogP contribution >= 0.6 is 27.7 Å². The summed E-state index contributed by atoms with van der Waals surface area (Å²) in [4.78, 5) is 21.5. The summed E-state index contributed by atoms with van der Waals surface area (Å²) in [7, 11) is 1.60. The van der Waals surface area contributed by atoms with E-state index in [0.717, 1.165) is 15.7 Å². The van der Waals surface area contributed by atoms with E-state index >= 15 is 0 Å². The third kappa shape index (κ3) is 5.14. The van der Waals surface area contributed by atoms with Crippen molar-refractivity contribution in [2.24, 2.45) is 0 Å². The molecule has 4 rings (SSSR count). The predicted molar refractivity (Wildman–Crippen MR) is 125 cm³/mol. The molecule has 0 fully saturated rings. The third-order valence-electron chi connectivity index (χ3n) is 4.56. The molecule has 0 bridgehead atoms. The summed E-state index contributed by atoms with van der Waals surface area (Å²) in [5.74, 6) is 0.817. The number of hydrogen-bond donors (Lipinski definition) is 1. The van der Waals surface area contributed by atoms with Gasteiger partial charge in [0.15, 0.2) is 10.9 Å². The van der Waals surface area contributed by atoms with Crippen LogP contribution in [0.5, 0.6) is 5.75 Å². The van der Waals surface area contributed by atoms with Crippen molar-refractivity contribution in [3.05, 3.63) is 88.4 Å². The molecule has 0 atom stereocenters. The fraction of sp³-hybridized carbons (Fsp3) is 0.136. The monoisotopic (exact) mass is 510 g/mol. The Morgan fingerprint density at radius 2 is 1.84 bits per heavy atom. The zero-order valence-corrected chi connectivity index (χ0v) is 19.5. The highest BCUT2D eigenvalue weighted by Gasteiger charge is 2.21. The van der Waals surface area contributed by atoms with Crippen molar-refractivity contribution >= 4 is 33.6 Å². The van der Waals surface area contributed by atoms with Crippen molar-refractivity contribution in [3.8, 4) is 11.4 Å². The number of ether oxygens (including phenoxy) is 1. The molecule has 0 aliphatic rings. The number of nitrogens with zero attached hydrogens (tertiary/aromatic N) is 5. The molecule has 2 aromatic carbocycles. The Kier molecular flexibility index (Phi) is 7.13. The smallest absolute Gasteiger partial charge is 0.274 e. The number of hydrogen-bond acceptors (Lipinski definition) is 7. The molecule has 2 heterocycles. The van der Waals surface area contributed by atoms with Crippen molar-refractivity contribution in [1.29, 1.82) is 0 Å². The van der Waals surface area contributed by atoms with E-state index < -0.39 is 0 Å². The van der Waals surface area contributed by atoms with Gasteiger partial charge in [0.2, 0.25) is 0 Å². The summed E-state index contributed by atoms with van der Waals surface area (Å²) in [5, 5.41) is 12.0. The van der Waals surface area contributed by atoms with Gasteiger partial charge in [-0.05, 0) is 36.4 Å². The van der Waals surface area contributed by atoms with Gasteiger partial charge in [-0.1, -0.05) is 51.1 Å². The number of rotatable bonds is 8. The normalized spacial score (nSPS) is 10.7. The van der Waals surface area contributed by atoms with Gasteiger partial charge in [-0.3, -0.25) is 4.79 Å². The minimum atomic E-state index is -0.316. The van der Waals surface area contributed by atoms with E-state index in [4.69, 9.17) is 4.74 Å². The largest absolute Gasteiger partial charge is 0.496 e. The van der Waals surface area contributed by atoms with Gasteiger partial charge in [-0.2, -0.15) is 0 Å². The highest BCUT2D eigenvalue weighted by Crippen LogP contribution is 2.24. The molecule has 0 radical (unpaired) electrons. The predicted octanol–water partition coefficient (Wildman–Crippen LogP) is 4.05. The van der Waals surface area contributed by atoms with Gasteiger partial charge >= 0.3 is 0 Å². The summed E-state index contributed by atoms with van der Waals surface area (Å²) in [5.41, 5.74) is 2.58. The van der Waals surface area contributed by atoms with Gasteiger partial charge in [0.05, 0.1) is 18.5 Å². The van der Waals surface area contributed by atoms with Crippen molar-refractivity contribution in [1.82, 2.24) is 30.3 Å². The van der Waals surface area contributed by atoms with Crippen LogP contribution in [0.3, 0.4) is 0 Å². The van der Waals surface area contributed by atoms with Crippen LogP contribution in [0.2, 0.25) is 0 Å². The molecule has 10 heteroatoms. The van der Waals surface area contributed by atoms with E-state index in [2.05, 4.69) is 41.5 Å². The van der Waals surface area contributed by atoms with Crippen LogP contribution in [0, 0.1) is 0 Å². The van der Waals surface area contributed by atoms with Gasteiger partial charge in [0, 0.05) is 34.7 Å². The van der Waals surface area contributed by atoms with Crippen LogP contribution < -0.4 is 10.1 Å². The van der Waals surface area contributed by atoms with Gasteiger partial charge in [-0.25, -0.2) is 14.6 Å². The highest BCUT2D eigenvalue weighted by atomic mass is 79.9. The number of carbonyl (C=O) groups excluding carboxylic acids is 1. The van der Waals surface area contributed by atoms with Crippen molar-refractivity contribution < 1.29 is 9.53 Å². The lowest BCUT2D eigenvalue weighted by atomic mass is 10.2. The van der Waals surface area contributed by atoms with Crippen LogP contribution in [0.1, 0.15) is 21.7 Å². The minimum absolute atomic E-state index is 0.256. The van der Waals surface area contributed by atoms with E-state index in [1.165, 1.54) is 11.8 Å². The second-order valence-corrected chi connectivity index (χ2v) is 8.45. The maximum Gasteiger partial charge on any atom is 0.274 e. The summed E-state index contributed by atoms with van der Waals surface area (Å²) < 4.78 is 7.98. The topological polar surface area (TPSA) is 94.8 Å². The highest BCUT2D eigenvalue weighted by molar-refractivity contribution is 9.10. The Labute approximate surface area is 197 Å². The van der Waals surface area contributed by atoms with Crippen molar-refractivity contribution in [2.45, 2.75) is 17.5 Å². The minimum Gasteiger partial charge on any atom is -0.496 e. The Balaban J connectivity index is 1.60. The maximum atomic E-state index is 13.0. The lowest BCUT2D eigenvalue weighted by molar-refractivity contribution is 0.0945. The number of amides is 1. The number of nitrogens with one attached hydrogen (secondary N) is 1. The zero-order chi connectivity index (χ0) is 22.3. The van der Waals surface area contributed by atoms with Gasteiger partial charge in [0.25, 0.3) is 5.91 Å². The molecule has 0 aliphatic carbocycles. The molecule has 0 spiro atoms. The molecule has 8 nitrogen and oxygen atoms in total. The van der Waals surface area contributed by atoms with Gasteiger partial charge in [-0.15, -0.1) is 5.10 Å². The molecule has 0 unspecified atom stereocenters. The maximum absolute atomic E-state index is 13.0. The summed E-state index contributed by atoms with van der Waals surface area (Å²) in [6.45, 7) is 0.308. The second-order valence-electron chi connectivity index (χ2n) is 6.59. The Bertz CT molecular complexity index is 1200. The fourth-order valence-electron chi connectivity index (χ4n) is 3.00. The van der Waals surface area contributed by atoms with E-state index in [-0.39, 0.29) is 11.6 Å². The molecule has 0 saturated carbocycles. The number of para-hydroxylation sites is 1. The number of carbonyl (C=O) groups is 1. The molecule has 2 aromatic heterocycles. The first kappa shape index (κ1) is 22.0. The Morgan fingerprint density at radius 1 is 1.09 bits per heavy atom. The molecule has 1 amide bonds. The SMILES string of the molecule is COc1ccccc1CNC(=O)c1nnn(-c2ccc(Br)cc2)c1CSc1ncccn1. The van der Waals surface area contributed by atoms with Crippen molar-refractivity contribution in [3.63, 3.8) is 0 Å². The van der Waals surface area contributed by atoms with Gasteiger partial charge < -0.3 is 10.1 Å².